The van der Waals surface area contributed by atoms with E-state index in [0.717, 1.165) is 13.1 Å². The maximum absolute atomic E-state index is 12.8. The van der Waals surface area contributed by atoms with Gasteiger partial charge in [0.05, 0.1) is 20.3 Å². The maximum Gasteiger partial charge on any atom is 0.254 e. The van der Waals surface area contributed by atoms with Gasteiger partial charge < -0.3 is 19.5 Å². The minimum atomic E-state index is -0.352. The summed E-state index contributed by atoms with van der Waals surface area (Å²) in [6, 6.07) is 5.33. The number of aliphatic hydroxyl groups excluding tert-OH is 1. The van der Waals surface area contributed by atoms with Gasteiger partial charge in [0, 0.05) is 37.8 Å². The zero-order valence-electron chi connectivity index (χ0n) is 14.3. The van der Waals surface area contributed by atoms with E-state index in [2.05, 4.69) is 4.90 Å². The Bertz CT molecular complexity index is 547. The first kappa shape index (κ1) is 17.6. The van der Waals surface area contributed by atoms with Gasteiger partial charge >= 0.3 is 0 Å². The van der Waals surface area contributed by atoms with Crippen LogP contribution in [0.25, 0.3) is 0 Å². The Balaban J connectivity index is 2.09. The summed E-state index contributed by atoms with van der Waals surface area (Å²) in [7, 11) is 3.13. The van der Waals surface area contributed by atoms with Crippen LogP contribution in [-0.2, 0) is 0 Å². The molecule has 1 fully saturated rings. The molecule has 6 heteroatoms. The van der Waals surface area contributed by atoms with Crippen molar-refractivity contribution in [3.63, 3.8) is 0 Å². The first-order valence-corrected chi connectivity index (χ1v) is 7.89. The smallest absolute Gasteiger partial charge is 0.254 e. The Labute approximate surface area is 137 Å². The van der Waals surface area contributed by atoms with Gasteiger partial charge in [-0.1, -0.05) is 0 Å². The van der Waals surface area contributed by atoms with Gasteiger partial charge in [0.25, 0.3) is 5.91 Å². The third-order valence-corrected chi connectivity index (χ3v) is 4.13. The Morgan fingerprint density at radius 1 is 1.30 bits per heavy atom. The molecule has 1 amide bonds. The van der Waals surface area contributed by atoms with E-state index in [1.165, 1.54) is 0 Å². The molecule has 2 atom stereocenters. The van der Waals surface area contributed by atoms with Crippen LogP contribution in [0.3, 0.4) is 0 Å². The summed E-state index contributed by atoms with van der Waals surface area (Å²) in [5.41, 5.74) is 0.596. The van der Waals surface area contributed by atoms with E-state index >= 15 is 0 Å². The number of piperazine rings is 1. The molecule has 0 aliphatic carbocycles. The average Bonchev–Trinajstić information content (AvgIpc) is 2.53. The normalized spacial score (nSPS) is 20.2. The predicted molar refractivity (Wildman–Crippen MR) is 88.2 cm³/mol. The number of β-amino-alcohol motifs (C(OH)–C–C–N with tert-alkyl or cyclic N) is 1. The molecule has 23 heavy (non-hydrogen) atoms. The number of amides is 1. The van der Waals surface area contributed by atoms with Gasteiger partial charge in [-0.05, 0) is 32.0 Å². The molecule has 2 rings (SSSR count). The lowest BCUT2D eigenvalue weighted by Crippen LogP contribution is -2.55. The van der Waals surface area contributed by atoms with E-state index in [-0.39, 0.29) is 18.1 Å². The molecule has 0 aromatic heterocycles. The Hall–Kier alpha value is -1.79. The Morgan fingerprint density at radius 2 is 2.00 bits per heavy atom. The van der Waals surface area contributed by atoms with Crippen LogP contribution in [0.4, 0.5) is 0 Å². The number of benzene rings is 1. The monoisotopic (exact) mass is 322 g/mol. The van der Waals surface area contributed by atoms with Crippen molar-refractivity contribution in [2.24, 2.45) is 0 Å². The summed E-state index contributed by atoms with van der Waals surface area (Å²) in [5, 5.41) is 9.50. The number of ether oxygens (including phenoxy) is 2. The zero-order chi connectivity index (χ0) is 17.0. The van der Waals surface area contributed by atoms with E-state index in [4.69, 9.17) is 9.47 Å². The molecule has 1 aromatic rings. The number of carbonyl (C=O) groups is 1. The molecule has 0 saturated carbocycles. The topological polar surface area (TPSA) is 62.2 Å². The second-order valence-corrected chi connectivity index (χ2v) is 6.03. The lowest BCUT2D eigenvalue weighted by atomic mass is 10.1. The number of hydrogen-bond donors (Lipinski definition) is 1. The molecular formula is C17H26N2O4. The molecule has 0 spiro atoms. The fraction of sp³-hybridized carbons (Fsp3) is 0.588. The van der Waals surface area contributed by atoms with Gasteiger partial charge in [0.1, 0.15) is 0 Å². The lowest BCUT2D eigenvalue weighted by molar-refractivity contribution is 0.0382. The number of hydrogen-bond acceptors (Lipinski definition) is 5. The zero-order valence-corrected chi connectivity index (χ0v) is 14.3. The highest BCUT2D eigenvalue weighted by Gasteiger charge is 2.28. The molecule has 1 N–H and O–H groups in total. The molecule has 128 valence electrons. The minimum Gasteiger partial charge on any atom is -0.493 e. The summed E-state index contributed by atoms with van der Waals surface area (Å²) in [6.07, 6.45) is -0.352. The number of nitrogens with zero attached hydrogens (tertiary/aromatic N) is 2. The largest absolute Gasteiger partial charge is 0.493 e. The summed E-state index contributed by atoms with van der Waals surface area (Å²) >= 11 is 0. The predicted octanol–water partition coefficient (Wildman–Crippen LogP) is 1.23. The second-order valence-electron chi connectivity index (χ2n) is 6.03. The lowest BCUT2D eigenvalue weighted by Gasteiger charge is -2.40. The van der Waals surface area contributed by atoms with Crippen LogP contribution in [0.5, 0.6) is 11.5 Å². The fourth-order valence-corrected chi connectivity index (χ4v) is 3.01. The van der Waals surface area contributed by atoms with Gasteiger partial charge in [-0.25, -0.2) is 0 Å². The van der Waals surface area contributed by atoms with Crippen molar-refractivity contribution < 1.29 is 19.4 Å². The summed E-state index contributed by atoms with van der Waals surface area (Å²) in [5.74, 6) is 1.16. The second kappa shape index (κ2) is 7.66. The Morgan fingerprint density at radius 3 is 2.57 bits per heavy atom. The van der Waals surface area contributed by atoms with E-state index in [0.29, 0.717) is 30.2 Å². The number of rotatable bonds is 5. The van der Waals surface area contributed by atoms with Gasteiger partial charge in [0.2, 0.25) is 0 Å². The van der Waals surface area contributed by atoms with Crippen LogP contribution < -0.4 is 9.47 Å². The highest BCUT2D eigenvalue weighted by atomic mass is 16.5. The summed E-state index contributed by atoms with van der Waals surface area (Å²) in [4.78, 5) is 16.8. The van der Waals surface area contributed by atoms with Gasteiger partial charge in [-0.2, -0.15) is 0 Å². The molecule has 1 aromatic carbocycles. The molecule has 1 saturated heterocycles. The number of methoxy groups -OCH3 is 2. The standard InChI is InChI=1S/C17H26N2O4/c1-12-10-18(11-13(2)20)7-8-19(12)17(21)14-5-6-15(22-3)16(9-14)23-4/h5-6,9,12-13,20H,7-8,10-11H2,1-4H3. The van der Waals surface area contributed by atoms with Crippen LogP contribution in [0.1, 0.15) is 24.2 Å². The van der Waals surface area contributed by atoms with E-state index in [1.54, 1.807) is 39.3 Å². The van der Waals surface area contributed by atoms with E-state index in [9.17, 15) is 9.90 Å². The van der Waals surface area contributed by atoms with Crippen molar-refractivity contribution in [3.8, 4) is 11.5 Å². The fourth-order valence-electron chi connectivity index (χ4n) is 3.01. The quantitative estimate of drug-likeness (QED) is 0.883. The highest BCUT2D eigenvalue weighted by molar-refractivity contribution is 5.95. The first-order chi connectivity index (χ1) is 11.0. The summed E-state index contributed by atoms with van der Waals surface area (Å²) in [6.45, 7) is 6.65. The molecular weight excluding hydrogens is 296 g/mol. The molecule has 1 aliphatic rings. The van der Waals surface area contributed by atoms with E-state index in [1.807, 2.05) is 11.8 Å². The van der Waals surface area contributed by atoms with Crippen molar-refractivity contribution >= 4 is 5.91 Å². The number of aliphatic hydroxyl groups is 1. The first-order valence-electron chi connectivity index (χ1n) is 7.89. The SMILES string of the molecule is COc1ccc(C(=O)N2CCN(CC(C)O)CC2C)cc1OC. The van der Waals surface area contributed by atoms with Crippen molar-refractivity contribution in [3.05, 3.63) is 23.8 Å². The van der Waals surface area contributed by atoms with Crippen LogP contribution in [0, 0.1) is 0 Å². The van der Waals surface area contributed by atoms with Crippen molar-refractivity contribution in [1.82, 2.24) is 9.80 Å². The molecule has 0 bridgehead atoms. The molecule has 1 aliphatic heterocycles. The van der Waals surface area contributed by atoms with Crippen LogP contribution in [0.2, 0.25) is 0 Å². The van der Waals surface area contributed by atoms with Gasteiger partial charge in [-0.15, -0.1) is 0 Å². The third-order valence-electron chi connectivity index (χ3n) is 4.13. The maximum atomic E-state index is 12.8. The summed E-state index contributed by atoms with van der Waals surface area (Å²) < 4.78 is 10.5. The van der Waals surface area contributed by atoms with Crippen LogP contribution in [0.15, 0.2) is 18.2 Å². The molecule has 2 unspecified atom stereocenters. The van der Waals surface area contributed by atoms with Crippen molar-refractivity contribution in [2.45, 2.75) is 26.0 Å². The highest BCUT2D eigenvalue weighted by Crippen LogP contribution is 2.28. The molecule has 6 nitrogen and oxygen atoms in total. The van der Waals surface area contributed by atoms with Crippen LogP contribution >= 0.6 is 0 Å². The van der Waals surface area contributed by atoms with Gasteiger partial charge in [-0.3, -0.25) is 9.69 Å². The third kappa shape index (κ3) is 4.14. The van der Waals surface area contributed by atoms with Crippen molar-refractivity contribution in [2.75, 3.05) is 40.4 Å². The minimum absolute atomic E-state index is 0.00449. The number of carbonyl (C=O) groups excluding carboxylic acids is 1. The molecule has 1 heterocycles. The van der Waals surface area contributed by atoms with E-state index < -0.39 is 0 Å². The van der Waals surface area contributed by atoms with Crippen LogP contribution in [-0.4, -0.2) is 73.4 Å². The molecule has 0 radical (unpaired) electrons. The Kier molecular flexibility index (Phi) is 5.85. The van der Waals surface area contributed by atoms with Gasteiger partial charge in [0.15, 0.2) is 11.5 Å². The average molecular weight is 322 g/mol. The van der Waals surface area contributed by atoms with Crippen molar-refractivity contribution in [1.29, 1.82) is 0 Å².